The molecule has 1 fully saturated rings. The van der Waals surface area contributed by atoms with Crippen molar-refractivity contribution in [2.75, 3.05) is 18.8 Å². The second-order valence-electron chi connectivity index (χ2n) is 5.74. The molecular weight excluding hydrogens is 258 g/mol. The van der Waals surface area contributed by atoms with Crippen molar-refractivity contribution in [3.63, 3.8) is 0 Å². The third kappa shape index (κ3) is 2.11. The van der Waals surface area contributed by atoms with E-state index in [1.807, 2.05) is 0 Å². The first kappa shape index (κ1) is 13.1. The van der Waals surface area contributed by atoms with E-state index in [9.17, 15) is 8.42 Å². The SMILES string of the molecule is CCS(=O)(=O)N1CCC2(CCc3ccccc32)CC1. The molecule has 1 aromatic rings. The minimum atomic E-state index is -3.01. The van der Waals surface area contributed by atoms with Crippen LogP contribution in [0, 0.1) is 0 Å². The Bertz CT molecular complexity index is 572. The van der Waals surface area contributed by atoms with E-state index in [4.69, 9.17) is 0 Å². The van der Waals surface area contributed by atoms with E-state index in [0.717, 1.165) is 19.3 Å². The molecule has 1 spiro atoms. The minimum Gasteiger partial charge on any atom is -0.212 e. The van der Waals surface area contributed by atoms with E-state index in [1.165, 1.54) is 17.5 Å². The first-order valence-electron chi connectivity index (χ1n) is 7.14. The quantitative estimate of drug-likeness (QED) is 0.833. The van der Waals surface area contributed by atoms with Gasteiger partial charge in [0.2, 0.25) is 10.0 Å². The van der Waals surface area contributed by atoms with Crippen LogP contribution in [0.4, 0.5) is 0 Å². The molecular formula is C15H21NO2S. The zero-order valence-corrected chi connectivity index (χ0v) is 12.2. The van der Waals surface area contributed by atoms with Crippen LogP contribution in [0.3, 0.4) is 0 Å². The topological polar surface area (TPSA) is 37.4 Å². The summed E-state index contributed by atoms with van der Waals surface area (Å²) in [5.41, 5.74) is 3.19. The van der Waals surface area contributed by atoms with E-state index in [2.05, 4.69) is 24.3 Å². The molecule has 1 aromatic carbocycles. The fourth-order valence-corrected chi connectivity index (χ4v) is 4.76. The number of nitrogens with zero attached hydrogens (tertiary/aromatic N) is 1. The van der Waals surface area contributed by atoms with Crippen LogP contribution in [0.1, 0.15) is 37.3 Å². The first-order chi connectivity index (χ1) is 9.07. The number of aryl methyl sites for hydroxylation is 1. The Morgan fingerprint density at radius 3 is 2.53 bits per heavy atom. The van der Waals surface area contributed by atoms with Gasteiger partial charge in [-0.15, -0.1) is 0 Å². The Morgan fingerprint density at radius 1 is 1.16 bits per heavy atom. The van der Waals surface area contributed by atoms with Gasteiger partial charge in [0, 0.05) is 13.1 Å². The number of hydrogen-bond donors (Lipinski definition) is 0. The van der Waals surface area contributed by atoms with Gasteiger partial charge < -0.3 is 0 Å². The summed E-state index contributed by atoms with van der Waals surface area (Å²) >= 11 is 0. The Kier molecular flexibility index (Phi) is 3.18. The van der Waals surface area contributed by atoms with E-state index in [-0.39, 0.29) is 11.2 Å². The zero-order valence-electron chi connectivity index (χ0n) is 11.4. The second-order valence-corrected chi connectivity index (χ2v) is 7.99. The van der Waals surface area contributed by atoms with Gasteiger partial charge in [0.15, 0.2) is 0 Å². The molecule has 0 amide bonds. The normalized spacial score (nSPS) is 22.6. The molecule has 0 aromatic heterocycles. The molecule has 0 saturated carbocycles. The maximum Gasteiger partial charge on any atom is 0.213 e. The summed E-state index contributed by atoms with van der Waals surface area (Å²) in [7, 11) is -3.01. The number of sulfonamides is 1. The van der Waals surface area contributed by atoms with Crippen LogP contribution in [0.5, 0.6) is 0 Å². The van der Waals surface area contributed by atoms with E-state index in [1.54, 1.807) is 11.2 Å². The molecule has 0 N–H and O–H groups in total. The molecule has 0 bridgehead atoms. The van der Waals surface area contributed by atoms with Gasteiger partial charge in [-0.05, 0) is 49.1 Å². The molecule has 1 aliphatic heterocycles. The van der Waals surface area contributed by atoms with Crippen molar-refractivity contribution in [3.8, 4) is 0 Å². The molecule has 4 heteroatoms. The van der Waals surface area contributed by atoms with Gasteiger partial charge in [0.1, 0.15) is 0 Å². The van der Waals surface area contributed by atoms with Crippen molar-refractivity contribution in [2.45, 2.75) is 38.0 Å². The van der Waals surface area contributed by atoms with Crippen LogP contribution in [0.25, 0.3) is 0 Å². The lowest BCUT2D eigenvalue weighted by molar-refractivity contribution is 0.232. The highest BCUT2D eigenvalue weighted by molar-refractivity contribution is 7.89. The summed E-state index contributed by atoms with van der Waals surface area (Å²) in [5, 5.41) is 0. The molecule has 104 valence electrons. The summed E-state index contributed by atoms with van der Waals surface area (Å²) in [6.45, 7) is 3.10. The lowest BCUT2D eigenvalue weighted by atomic mass is 9.74. The van der Waals surface area contributed by atoms with Crippen LogP contribution in [0.15, 0.2) is 24.3 Å². The summed E-state index contributed by atoms with van der Waals surface area (Å²) in [4.78, 5) is 0. The average molecular weight is 279 g/mol. The highest BCUT2D eigenvalue weighted by Gasteiger charge is 2.42. The Morgan fingerprint density at radius 2 is 1.84 bits per heavy atom. The third-order valence-electron chi connectivity index (χ3n) is 4.90. The minimum absolute atomic E-state index is 0.219. The molecule has 1 aliphatic carbocycles. The summed E-state index contributed by atoms with van der Waals surface area (Å²) in [6, 6.07) is 8.68. The Balaban J connectivity index is 1.82. The average Bonchev–Trinajstić information content (AvgIpc) is 2.79. The predicted octanol–water partition coefficient (Wildman–Crippen LogP) is 2.32. The fourth-order valence-electron chi connectivity index (χ4n) is 3.66. The summed E-state index contributed by atoms with van der Waals surface area (Å²) in [5.74, 6) is 0.219. The van der Waals surface area contributed by atoms with E-state index < -0.39 is 10.0 Å². The number of benzene rings is 1. The number of rotatable bonds is 2. The van der Waals surface area contributed by atoms with Crippen molar-refractivity contribution < 1.29 is 8.42 Å². The summed E-state index contributed by atoms with van der Waals surface area (Å²) < 4.78 is 25.5. The van der Waals surface area contributed by atoms with E-state index in [0.29, 0.717) is 13.1 Å². The van der Waals surface area contributed by atoms with Gasteiger partial charge in [-0.1, -0.05) is 24.3 Å². The lowest BCUT2D eigenvalue weighted by Gasteiger charge is -2.39. The van der Waals surface area contributed by atoms with Gasteiger partial charge >= 0.3 is 0 Å². The molecule has 19 heavy (non-hydrogen) atoms. The maximum atomic E-state index is 11.9. The van der Waals surface area contributed by atoms with E-state index >= 15 is 0 Å². The van der Waals surface area contributed by atoms with Crippen LogP contribution in [-0.4, -0.2) is 31.6 Å². The fraction of sp³-hybridized carbons (Fsp3) is 0.600. The third-order valence-corrected chi connectivity index (χ3v) is 6.78. The number of hydrogen-bond acceptors (Lipinski definition) is 2. The lowest BCUT2D eigenvalue weighted by Crippen LogP contribution is -2.44. The first-order valence-corrected chi connectivity index (χ1v) is 8.74. The monoisotopic (exact) mass is 279 g/mol. The molecule has 0 radical (unpaired) electrons. The summed E-state index contributed by atoms with van der Waals surface area (Å²) in [6.07, 6.45) is 4.29. The highest BCUT2D eigenvalue weighted by atomic mass is 32.2. The van der Waals surface area contributed by atoms with Crippen molar-refractivity contribution in [1.82, 2.24) is 4.31 Å². The molecule has 0 atom stereocenters. The molecule has 3 nitrogen and oxygen atoms in total. The number of fused-ring (bicyclic) bond motifs is 2. The van der Waals surface area contributed by atoms with Gasteiger partial charge in [0.25, 0.3) is 0 Å². The molecule has 1 saturated heterocycles. The molecule has 3 rings (SSSR count). The maximum absolute atomic E-state index is 11.9. The molecule has 0 unspecified atom stereocenters. The Labute approximate surface area is 115 Å². The smallest absolute Gasteiger partial charge is 0.212 e. The van der Waals surface area contributed by atoms with Gasteiger partial charge in [-0.2, -0.15) is 0 Å². The Hall–Kier alpha value is -0.870. The predicted molar refractivity (Wildman–Crippen MR) is 76.7 cm³/mol. The van der Waals surface area contributed by atoms with Gasteiger partial charge in [-0.3, -0.25) is 0 Å². The zero-order chi connectivity index (χ0) is 13.5. The second kappa shape index (κ2) is 4.60. The highest BCUT2D eigenvalue weighted by Crippen LogP contribution is 2.46. The van der Waals surface area contributed by atoms with Gasteiger partial charge in [-0.25, -0.2) is 12.7 Å². The molecule has 1 heterocycles. The van der Waals surface area contributed by atoms with Crippen LogP contribution in [0.2, 0.25) is 0 Å². The van der Waals surface area contributed by atoms with Crippen LogP contribution >= 0.6 is 0 Å². The largest absolute Gasteiger partial charge is 0.213 e. The standard InChI is InChI=1S/C15H21NO2S/c1-2-19(17,18)16-11-9-15(10-12-16)8-7-13-5-3-4-6-14(13)15/h3-6H,2,7-12H2,1H3. The van der Waals surface area contributed by atoms with Crippen LogP contribution < -0.4 is 0 Å². The molecule has 2 aliphatic rings. The van der Waals surface area contributed by atoms with Crippen molar-refractivity contribution in [3.05, 3.63) is 35.4 Å². The van der Waals surface area contributed by atoms with Gasteiger partial charge in [0.05, 0.1) is 5.75 Å². The van der Waals surface area contributed by atoms with Crippen molar-refractivity contribution >= 4 is 10.0 Å². The number of piperidine rings is 1. The van der Waals surface area contributed by atoms with Crippen molar-refractivity contribution in [1.29, 1.82) is 0 Å². The van der Waals surface area contributed by atoms with Crippen molar-refractivity contribution in [2.24, 2.45) is 0 Å². The van der Waals surface area contributed by atoms with Crippen LogP contribution in [-0.2, 0) is 21.9 Å².